The van der Waals surface area contributed by atoms with Crippen LogP contribution in [0.2, 0.25) is 0 Å². The van der Waals surface area contributed by atoms with Crippen LogP contribution in [0.15, 0.2) is 91.2 Å². The van der Waals surface area contributed by atoms with Crippen LogP contribution in [-0.2, 0) is 20.0 Å². The highest BCUT2D eigenvalue weighted by atomic mass is 32.2. The van der Waals surface area contributed by atoms with Crippen LogP contribution in [0.25, 0.3) is 11.6 Å². The second-order valence-electron chi connectivity index (χ2n) is 11.3. The summed E-state index contributed by atoms with van der Waals surface area (Å²) in [5, 5.41) is 26.0. The molecule has 2 aromatic carbocycles. The molecular formula is C32H40N14O4S2. The second kappa shape index (κ2) is 15.4. The maximum atomic E-state index is 12.8. The molecule has 0 fully saturated rings. The van der Waals surface area contributed by atoms with E-state index < -0.39 is 20.0 Å². The molecule has 52 heavy (non-hydrogen) atoms. The molecule has 0 aliphatic rings. The van der Waals surface area contributed by atoms with E-state index in [-0.39, 0.29) is 21.4 Å². The number of nitrogens with two attached hydrogens (primary N) is 2. The number of aryl methyl sites for hydroxylation is 2. The zero-order chi connectivity index (χ0) is 37.8. The number of hydrogen-bond acceptors (Lipinski definition) is 14. The number of benzene rings is 2. The smallest absolute Gasteiger partial charge is 0.243 e. The number of nitrogen functional groups attached to an aromatic ring is 2. The largest absolute Gasteiger partial charge is 0.382 e. The molecule has 0 spiro atoms. The molecule has 20 heteroatoms. The first-order valence-corrected chi connectivity index (χ1v) is 19.2. The Morgan fingerprint density at radius 1 is 0.596 bits per heavy atom. The standard InChI is InChI=1S/C32H40N14O4S2/c1-7-43(8-2)51(47,48)25-15-11-23(12-16-25)37-39-29-21(5)41-45(31(29)33)27-19-28(36-20-35-27)46-32(34)30(22(6)42-46)40-38-24-13-17-26(18-14-24)52(49,50)44(9-3)10-4/h11-20H,7-10,33-34H2,1-6H3/b39-37+,40-38+. The summed E-state index contributed by atoms with van der Waals surface area (Å²) in [6, 6.07) is 13.8. The van der Waals surface area contributed by atoms with Gasteiger partial charge in [-0.1, -0.05) is 27.7 Å². The molecule has 0 saturated heterocycles. The average molecular weight is 749 g/mol. The molecule has 0 aliphatic carbocycles. The van der Waals surface area contributed by atoms with Crippen molar-refractivity contribution in [2.24, 2.45) is 20.5 Å². The van der Waals surface area contributed by atoms with E-state index in [4.69, 9.17) is 11.5 Å². The fourth-order valence-electron chi connectivity index (χ4n) is 5.25. The molecule has 0 saturated carbocycles. The summed E-state index contributed by atoms with van der Waals surface area (Å²) in [6.07, 6.45) is 1.31. The fourth-order valence-corrected chi connectivity index (χ4v) is 8.17. The molecule has 3 heterocycles. The minimum absolute atomic E-state index is 0.154. The van der Waals surface area contributed by atoms with E-state index in [0.29, 0.717) is 72.0 Å². The molecule has 4 N–H and O–H groups in total. The number of aromatic nitrogens is 6. The number of rotatable bonds is 14. The van der Waals surface area contributed by atoms with Crippen molar-refractivity contribution < 1.29 is 16.8 Å². The Kier molecular flexibility index (Phi) is 11.2. The third kappa shape index (κ3) is 7.45. The first kappa shape index (κ1) is 37.8. The molecule has 18 nitrogen and oxygen atoms in total. The summed E-state index contributed by atoms with van der Waals surface area (Å²) < 4.78 is 56.7. The minimum Gasteiger partial charge on any atom is -0.382 e. The van der Waals surface area contributed by atoms with Gasteiger partial charge in [0.05, 0.1) is 32.6 Å². The van der Waals surface area contributed by atoms with Gasteiger partial charge < -0.3 is 11.5 Å². The van der Waals surface area contributed by atoms with Crippen molar-refractivity contribution in [1.82, 2.24) is 38.1 Å². The van der Waals surface area contributed by atoms with E-state index in [1.54, 1.807) is 71.9 Å². The third-order valence-electron chi connectivity index (χ3n) is 8.09. The van der Waals surface area contributed by atoms with Crippen LogP contribution < -0.4 is 11.5 Å². The van der Waals surface area contributed by atoms with Crippen molar-refractivity contribution in [3.8, 4) is 11.6 Å². The molecule has 274 valence electrons. The predicted molar refractivity (Wildman–Crippen MR) is 196 cm³/mol. The lowest BCUT2D eigenvalue weighted by atomic mass is 10.3. The van der Waals surface area contributed by atoms with Gasteiger partial charge in [0, 0.05) is 32.2 Å². The van der Waals surface area contributed by atoms with Gasteiger partial charge in [-0.05, 0) is 62.4 Å². The topological polar surface area (TPSA) is 238 Å². The Balaban J connectivity index is 1.36. The Hall–Kier alpha value is -5.44. The van der Waals surface area contributed by atoms with Crippen LogP contribution in [0.1, 0.15) is 39.1 Å². The van der Waals surface area contributed by atoms with Gasteiger partial charge in [0.2, 0.25) is 20.0 Å². The SMILES string of the molecule is CCN(CC)S(=O)(=O)c1ccc(/N=N/c2c(C)nn(-c3cc(-n4nc(C)c(/N=N/c5ccc(S(=O)(=O)N(CC)CC)cc5)c4N)ncn3)c2N)cc1. The molecule has 0 aliphatic heterocycles. The van der Waals surface area contributed by atoms with Crippen LogP contribution >= 0.6 is 0 Å². The summed E-state index contributed by atoms with van der Waals surface area (Å²) in [5.74, 6) is 0.908. The van der Waals surface area contributed by atoms with E-state index in [1.807, 2.05) is 0 Å². The molecule has 3 aromatic heterocycles. The summed E-state index contributed by atoms with van der Waals surface area (Å²) >= 11 is 0. The van der Waals surface area contributed by atoms with Crippen LogP contribution in [0.4, 0.5) is 34.4 Å². The zero-order valence-corrected chi connectivity index (χ0v) is 31.2. The lowest BCUT2D eigenvalue weighted by Gasteiger charge is -2.18. The van der Waals surface area contributed by atoms with E-state index in [2.05, 4.69) is 40.6 Å². The van der Waals surface area contributed by atoms with Gasteiger partial charge in [-0.3, -0.25) is 0 Å². The van der Waals surface area contributed by atoms with Crippen molar-refractivity contribution in [3.05, 3.63) is 72.3 Å². The predicted octanol–water partition coefficient (Wildman–Crippen LogP) is 5.52. The first-order chi connectivity index (χ1) is 24.8. The number of nitrogens with zero attached hydrogens (tertiary/aromatic N) is 12. The zero-order valence-electron chi connectivity index (χ0n) is 29.6. The summed E-state index contributed by atoms with van der Waals surface area (Å²) in [7, 11) is -7.21. The maximum absolute atomic E-state index is 12.8. The van der Waals surface area contributed by atoms with Crippen molar-refractivity contribution in [2.75, 3.05) is 37.6 Å². The monoisotopic (exact) mass is 748 g/mol. The van der Waals surface area contributed by atoms with E-state index >= 15 is 0 Å². The highest BCUT2D eigenvalue weighted by molar-refractivity contribution is 7.89. The number of hydrogen-bond donors (Lipinski definition) is 2. The average Bonchev–Trinajstić information content (AvgIpc) is 3.59. The van der Waals surface area contributed by atoms with Gasteiger partial charge in [-0.25, -0.2) is 26.8 Å². The highest BCUT2D eigenvalue weighted by Crippen LogP contribution is 2.33. The van der Waals surface area contributed by atoms with Gasteiger partial charge in [0.1, 0.15) is 6.33 Å². The van der Waals surface area contributed by atoms with Crippen LogP contribution in [-0.4, -0.2) is 81.2 Å². The van der Waals surface area contributed by atoms with Crippen molar-refractivity contribution in [1.29, 1.82) is 0 Å². The fraction of sp³-hybridized carbons (Fsp3) is 0.312. The number of sulfonamides is 2. The van der Waals surface area contributed by atoms with Crippen molar-refractivity contribution in [2.45, 2.75) is 51.3 Å². The molecule has 5 aromatic rings. The lowest BCUT2D eigenvalue weighted by molar-refractivity contribution is 0.444. The summed E-state index contributed by atoms with van der Waals surface area (Å²) in [6.45, 7) is 12.0. The van der Waals surface area contributed by atoms with Crippen molar-refractivity contribution in [3.63, 3.8) is 0 Å². The lowest BCUT2D eigenvalue weighted by Crippen LogP contribution is -2.30. The number of azo groups is 2. The normalized spacial score (nSPS) is 12.6. The Morgan fingerprint density at radius 2 is 0.942 bits per heavy atom. The third-order valence-corrected chi connectivity index (χ3v) is 12.2. The second-order valence-corrected chi connectivity index (χ2v) is 15.1. The molecular weight excluding hydrogens is 709 g/mol. The van der Waals surface area contributed by atoms with Gasteiger partial charge in [0.25, 0.3) is 0 Å². The Bertz CT molecular complexity index is 2170. The van der Waals surface area contributed by atoms with Crippen LogP contribution in [0, 0.1) is 13.8 Å². The highest BCUT2D eigenvalue weighted by Gasteiger charge is 2.23. The maximum Gasteiger partial charge on any atom is 0.243 e. The molecule has 5 rings (SSSR count). The Labute approximate surface area is 302 Å². The minimum atomic E-state index is -3.60. The Morgan fingerprint density at radius 3 is 1.27 bits per heavy atom. The van der Waals surface area contributed by atoms with Crippen LogP contribution in [0.5, 0.6) is 0 Å². The van der Waals surface area contributed by atoms with Crippen LogP contribution in [0.3, 0.4) is 0 Å². The van der Waals surface area contributed by atoms with Gasteiger partial charge >= 0.3 is 0 Å². The first-order valence-electron chi connectivity index (χ1n) is 16.3. The van der Waals surface area contributed by atoms with Gasteiger partial charge in [-0.15, -0.1) is 10.2 Å². The van der Waals surface area contributed by atoms with E-state index in [1.165, 1.54) is 48.6 Å². The summed E-state index contributed by atoms with van der Waals surface area (Å²) in [5.41, 5.74) is 15.3. The van der Waals surface area contributed by atoms with Crippen molar-refractivity contribution >= 4 is 54.4 Å². The summed E-state index contributed by atoms with van der Waals surface area (Å²) in [4.78, 5) is 8.96. The molecule has 0 atom stereocenters. The molecule has 0 unspecified atom stereocenters. The van der Waals surface area contributed by atoms with Gasteiger partial charge in [-0.2, -0.15) is 38.4 Å². The number of anilines is 2. The van der Waals surface area contributed by atoms with E-state index in [0.717, 1.165) is 0 Å². The quantitative estimate of drug-likeness (QED) is 0.135. The van der Waals surface area contributed by atoms with Gasteiger partial charge in [0.15, 0.2) is 34.6 Å². The molecule has 0 radical (unpaired) electrons. The molecule has 0 bridgehead atoms. The molecule has 0 amide bonds. The van der Waals surface area contributed by atoms with E-state index in [9.17, 15) is 16.8 Å².